The van der Waals surface area contributed by atoms with Gasteiger partial charge >= 0.3 is 5.91 Å². The van der Waals surface area contributed by atoms with Crippen LogP contribution in [0.15, 0.2) is 72.1 Å². The summed E-state index contributed by atoms with van der Waals surface area (Å²) in [6, 6.07) is 18.8. The molecule has 32 heavy (non-hydrogen) atoms. The van der Waals surface area contributed by atoms with Crippen LogP contribution in [0.1, 0.15) is 17.5 Å². The number of halogens is 1. The van der Waals surface area contributed by atoms with Crippen LogP contribution in [-0.4, -0.2) is 32.7 Å². The molecule has 0 radical (unpaired) electrons. The van der Waals surface area contributed by atoms with Crippen LogP contribution in [0.2, 0.25) is 0 Å². The molecule has 0 bridgehead atoms. The smallest absolute Gasteiger partial charge is 0.309 e. The molecule has 2 aromatic heterocycles. The number of rotatable bonds is 6. The Morgan fingerprint density at radius 3 is 2.50 bits per heavy atom. The lowest BCUT2D eigenvalue weighted by Crippen LogP contribution is -2.47. The Morgan fingerprint density at radius 1 is 1.03 bits per heavy atom. The summed E-state index contributed by atoms with van der Waals surface area (Å²) in [6.45, 7) is 1.44. The SMILES string of the molecule is CC(Oc1ccccc1F)C(=O)NNC(=O)c1nc(-c2cccs2)n(-c2ccccc2)n1. The molecule has 1 atom stereocenters. The van der Waals surface area contributed by atoms with Crippen LogP contribution in [0.4, 0.5) is 4.39 Å². The van der Waals surface area contributed by atoms with Gasteiger partial charge in [-0.2, -0.15) is 0 Å². The standard InChI is InChI=1S/C22H18FN5O3S/c1-14(31-17-11-6-5-10-16(17)23)21(29)25-26-22(30)19-24-20(18-12-7-13-32-18)28(27-19)15-8-3-2-4-9-15/h2-14H,1H3,(H,25,29)(H,26,30). The van der Waals surface area contributed by atoms with Gasteiger partial charge in [0.25, 0.3) is 5.91 Å². The van der Waals surface area contributed by atoms with Crippen LogP contribution in [0.3, 0.4) is 0 Å². The zero-order valence-corrected chi connectivity index (χ0v) is 17.7. The summed E-state index contributed by atoms with van der Waals surface area (Å²) in [5.74, 6) is -1.65. The minimum atomic E-state index is -1.05. The van der Waals surface area contributed by atoms with Crippen molar-refractivity contribution in [1.82, 2.24) is 25.6 Å². The van der Waals surface area contributed by atoms with Crippen LogP contribution in [0, 0.1) is 5.82 Å². The van der Waals surface area contributed by atoms with Gasteiger partial charge in [-0.25, -0.2) is 14.1 Å². The van der Waals surface area contributed by atoms with Gasteiger partial charge in [0, 0.05) is 0 Å². The summed E-state index contributed by atoms with van der Waals surface area (Å²) >= 11 is 1.46. The number of thiophene rings is 1. The van der Waals surface area contributed by atoms with Crippen molar-refractivity contribution >= 4 is 23.2 Å². The van der Waals surface area contributed by atoms with E-state index >= 15 is 0 Å². The quantitative estimate of drug-likeness (QED) is 0.438. The number of aromatic nitrogens is 3. The van der Waals surface area contributed by atoms with Gasteiger partial charge < -0.3 is 4.74 Å². The highest BCUT2D eigenvalue weighted by Gasteiger charge is 2.21. The minimum Gasteiger partial charge on any atom is -0.478 e. The summed E-state index contributed by atoms with van der Waals surface area (Å²) < 4.78 is 20.6. The molecule has 0 aliphatic carbocycles. The number of ether oxygens (including phenoxy) is 1. The first-order valence-corrected chi connectivity index (χ1v) is 10.5. The molecule has 2 heterocycles. The van der Waals surface area contributed by atoms with E-state index in [0.29, 0.717) is 5.82 Å². The van der Waals surface area contributed by atoms with Crippen LogP contribution < -0.4 is 15.6 Å². The molecule has 2 N–H and O–H groups in total. The predicted octanol–water partition coefficient (Wildman–Crippen LogP) is 3.36. The van der Waals surface area contributed by atoms with Crippen molar-refractivity contribution in [3.8, 4) is 22.1 Å². The van der Waals surface area contributed by atoms with E-state index in [4.69, 9.17) is 4.74 Å². The molecule has 8 nitrogen and oxygen atoms in total. The topological polar surface area (TPSA) is 98.1 Å². The number of carbonyl (C=O) groups is 2. The van der Waals surface area contributed by atoms with Crippen molar-refractivity contribution in [2.45, 2.75) is 13.0 Å². The van der Waals surface area contributed by atoms with Crippen molar-refractivity contribution in [1.29, 1.82) is 0 Å². The van der Waals surface area contributed by atoms with Gasteiger partial charge in [-0.3, -0.25) is 20.4 Å². The lowest BCUT2D eigenvalue weighted by atomic mass is 10.3. The number of carbonyl (C=O) groups excluding carboxylic acids is 2. The molecule has 0 fully saturated rings. The first-order chi connectivity index (χ1) is 15.5. The Balaban J connectivity index is 1.46. The molecular formula is C22H18FN5O3S. The third kappa shape index (κ3) is 4.65. The third-order valence-electron chi connectivity index (χ3n) is 4.36. The van der Waals surface area contributed by atoms with E-state index in [1.807, 2.05) is 47.8 Å². The number of nitrogens with one attached hydrogen (secondary N) is 2. The van der Waals surface area contributed by atoms with Gasteiger partial charge in [0.05, 0.1) is 10.6 Å². The molecule has 4 rings (SSSR count). The summed E-state index contributed by atoms with van der Waals surface area (Å²) in [4.78, 5) is 30.0. The zero-order chi connectivity index (χ0) is 22.5. The number of hydrazine groups is 1. The summed E-state index contributed by atoms with van der Waals surface area (Å²) in [7, 11) is 0. The second kappa shape index (κ2) is 9.40. The number of nitrogens with zero attached hydrogens (tertiary/aromatic N) is 3. The second-order valence-electron chi connectivity index (χ2n) is 6.62. The molecule has 162 valence electrons. The average Bonchev–Trinajstić information content (AvgIpc) is 3.49. The molecule has 2 aromatic carbocycles. The Hall–Kier alpha value is -4.05. The highest BCUT2D eigenvalue weighted by atomic mass is 32.1. The van der Waals surface area contributed by atoms with Gasteiger partial charge in [-0.15, -0.1) is 16.4 Å². The monoisotopic (exact) mass is 451 g/mol. The van der Waals surface area contributed by atoms with E-state index in [9.17, 15) is 14.0 Å². The second-order valence-corrected chi connectivity index (χ2v) is 7.57. The van der Waals surface area contributed by atoms with Crippen molar-refractivity contribution < 1.29 is 18.7 Å². The van der Waals surface area contributed by atoms with E-state index in [1.165, 1.54) is 36.5 Å². The maximum absolute atomic E-state index is 13.7. The van der Waals surface area contributed by atoms with Gasteiger partial charge in [0.1, 0.15) is 0 Å². The van der Waals surface area contributed by atoms with Gasteiger partial charge in [-0.1, -0.05) is 36.4 Å². The molecule has 10 heteroatoms. The Bertz CT molecular complexity index is 1230. The lowest BCUT2D eigenvalue weighted by Gasteiger charge is -2.15. The molecule has 1 unspecified atom stereocenters. The van der Waals surface area contributed by atoms with E-state index < -0.39 is 23.7 Å². The van der Waals surface area contributed by atoms with Crippen molar-refractivity contribution in [3.63, 3.8) is 0 Å². The van der Waals surface area contributed by atoms with E-state index in [1.54, 1.807) is 10.7 Å². The fraction of sp³-hybridized carbons (Fsp3) is 0.0909. The highest BCUT2D eigenvalue weighted by Crippen LogP contribution is 2.25. The fourth-order valence-corrected chi connectivity index (χ4v) is 3.48. The summed E-state index contributed by atoms with van der Waals surface area (Å²) in [6.07, 6.45) is -1.05. The van der Waals surface area contributed by atoms with Gasteiger partial charge in [-0.05, 0) is 42.6 Å². The molecule has 0 aliphatic heterocycles. The fourth-order valence-electron chi connectivity index (χ4n) is 2.78. The number of benzene rings is 2. The number of amides is 2. The largest absolute Gasteiger partial charge is 0.478 e. The van der Waals surface area contributed by atoms with E-state index in [2.05, 4.69) is 20.9 Å². The number of hydrogen-bond donors (Lipinski definition) is 2. The lowest BCUT2D eigenvalue weighted by molar-refractivity contribution is -0.128. The maximum Gasteiger partial charge on any atom is 0.309 e. The van der Waals surface area contributed by atoms with Crippen LogP contribution >= 0.6 is 11.3 Å². The Kier molecular flexibility index (Phi) is 6.22. The predicted molar refractivity (Wildman–Crippen MR) is 117 cm³/mol. The average molecular weight is 451 g/mol. The van der Waals surface area contributed by atoms with E-state index in [0.717, 1.165) is 10.6 Å². The Morgan fingerprint density at radius 2 is 1.78 bits per heavy atom. The van der Waals surface area contributed by atoms with Crippen molar-refractivity contribution in [2.24, 2.45) is 0 Å². The number of para-hydroxylation sites is 2. The minimum absolute atomic E-state index is 0.0645. The number of hydrogen-bond acceptors (Lipinski definition) is 6. The van der Waals surface area contributed by atoms with Crippen molar-refractivity contribution in [2.75, 3.05) is 0 Å². The van der Waals surface area contributed by atoms with Crippen LogP contribution in [0.25, 0.3) is 16.4 Å². The highest BCUT2D eigenvalue weighted by molar-refractivity contribution is 7.13. The Labute approximate surface area is 186 Å². The molecule has 0 saturated carbocycles. The van der Waals surface area contributed by atoms with Crippen LogP contribution in [-0.2, 0) is 4.79 Å². The molecular weight excluding hydrogens is 433 g/mol. The first kappa shape index (κ1) is 21.2. The molecule has 2 amide bonds. The molecule has 0 spiro atoms. The van der Waals surface area contributed by atoms with E-state index in [-0.39, 0.29) is 11.6 Å². The van der Waals surface area contributed by atoms with Gasteiger partial charge in [0.15, 0.2) is 23.5 Å². The summed E-state index contributed by atoms with van der Waals surface area (Å²) in [5, 5.41) is 6.21. The third-order valence-corrected chi connectivity index (χ3v) is 5.23. The normalized spacial score (nSPS) is 11.6. The maximum atomic E-state index is 13.7. The molecule has 4 aromatic rings. The molecule has 0 saturated heterocycles. The summed E-state index contributed by atoms with van der Waals surface area (Å²) in [5.41, 5.74) is 5.26. The molecule has 0 aliphatic rings. The van der Waals surface area contributed by atoms with Gasteiger partial charge in [0.2, 0.25) is 5.82 Å². The zero-order valence-electron chi connectivity index (χ0n) is 16.9. The van der Waals surface area contributed by atoms with Crippen molar-refractivity contribution in [3.05, 3.63) is 83.8 Å². The first-order valence-electron chi connectivity index (χ1n) is 9.60. The van der Waals surface area contributed by atoms with Crippen LogP contribution in [0.5, 0.6) is 5.75 Å².